The fraction of sp³-hybridized carbons (Fsp3) is 0.455. The van der Waals surface area contributed by atoms with Crippen LogP contribution in [0, 0.1) is 20.2 Å². The van der Waals surface area contributed by atoms with E-state index in [-0.39, 0.29) is 11.4 Å². The van der Waals surface area contributed by atoms with Gasteiger partial charge < -0.3 is 4.90 Å². The lowest BCUT2D eigenvalue weighted by Gasteiger charge is -2.08. The molecule has 0 aliphatic rings. The predicted octanol–water partition coefficient (Wildman–Crippen LogP) is 2.00. The molecule has 0 aliphatic carbocycles. The van der Waals surface area contributed by atoms with Crippen LogP contribution in [-0.2, 0) is 6.42 Å². The van der Waals surface area contributed by atoms with Crippen LogP contribution in [0.15, 0.2) is 18.2 Å². The monoisotopic (exact) mass is 253 g/mol. The van der Waals surface area contributed by atoms with Crippen molar-refractivity contribution in [2.24, 2.45) is 0 Å². The van der Waals surface area contributed by atoms with E-state index in [0.29, 0.717) is 12.0 Å². The number of aryl methyl sites for hydroxylation is 1. The fourth-order valence-electron chi connectivity index (χ4n) is 1.63. The number of benzene rings is 1. The number of hydrogen-bond acceptors (Lipinski definition) is 5. The molecule has 0 saturated heterocycles. The molecule has 0 saturated carbocycles. The van der Waals surface area contributed by atoms with Gasteiger partial charge in [0.25, 0.3) is 11.4 Å². The second-order valence-corrected chi connectivity index (χ2v) is 4.23. The van der Waals surface area contributed by atoms with Gasteiger partial charge in [-0.2, -0.15) is 0 Å². The van der Waals surface area contributed by atoms with E-state index in [1.165, 1.54) is 12.1 Å². The molecule has 1 rings (SSSR count). The fourth-order valence-corrected chi connectivity index (χ4v) is 1.63. The molecule has 0 amide bonds. The second kappa shape index (κ2) is 6.06. The molecule has 0 bridgehead atoms. The van der Waals surface area contributed by atoms with Crippen LogP contribution in [0.4, 0.5) is 11.4 Å². The quantitative estimate of drug-likeness (QED) is 0.571. The van der Waals surface area contributed by atoms with Crippen molar-refractivity contribution in [1.82, 2.24) is 4.90 Å². The molecular formula is C11H15N3O4. The summed E-state index contributed by atoms with van der Waals surface area (Å²) in [6, 6.07) is 3.79. The molecular weight excluding hydrogens is 238 g/mol. The molecule has 1 aromatic rings. The van der Waals surface area contributed by atoms with Gasteiger partial charge in [-0.15, -0.1) is 0 Å². The Morgan fingerprint density at radius 2 is 1.83 bits per heavy atom. The Kier molecular flexibility index (Phi) is 4.73. The number of non-ortho nitro benzene ring substituents is 1. The molecule has 18 heavy (non-hydrogen) atoms. The first-order chi connectivity index (χ1) is 8.41. The van der Waals surface area contributed by atoms with Crippen molar-refractivity contribution in [3.63, 3.8) is 0 Å². The third-order valence-corrected chi connectivity index (χ3v) is 2.53. The molecule has 0 aromatic heterocycles. The summed E-state index contributed by atoms with van der Waals surface area (Å²) in [4.78, 5) is 22.2. The Hall–Kier alpha value is -2.02. The van der Waals surface area contributed by atoms with E-state index in [1.807, 2.05) is 19.0 Å². The highest BCUT2D eigenvalue weighted by Gasteiger charge is 2.18. The molecule has 7 heteroatoms. The number of nitrogens with zero attached hydrogens (tertiary/aromatic N) is 3. The van der Waals surface area contributed by atoms with Crippen LogP contribution in [0.5, 0.6) is 0 Å². The summed E-state index contributed by atoms with van der Waals surface area (Å²) in [6.45, 7) is 0.814. The van der Waals surface area contributed by atoms with Crippen LogP contribution in [-0.4, -0.2) is 35.4 Å². The summed E-state index contributed by atoms with van der Waals surface area (Å²) in [5.74, 6) is 0. The minimum absolute atomic E-state index is 0.178. The Morgan fingerprint density at radius 1 is 1.17 bits per heavy atom. The summed E-state index contributed by atoms with van der Waals surface area (Å²) in [7, 11) is 3.84. The van der Waals surface area contributed by atoms with Crippen LogP contribution in [0.3, 0.4) is 0 Å². The van der Waals surface area contributed by atoms with Crippen molar-refractivity contribution in [2.75, 3.05) is 20.6 Å². The van der Waals surface area contributed by atoms with Gasteiger partial charge in [-0.3, -0.25) is 20.2 Å². The SMILES string of the molecule is CN(C)CCCc1ccc([N+](=O)[O-])cc1[N+](=O)[O-]. The van der Waals surface area contributed by atoms with E-state index in [0.717, 1.165) is 19.0 Å². The zero-order valence-corrected chi connectivity index (χ0v) is 10.3. The van der Waals surface area contributed by atoms with Crippen molar-refractivity contribution < 1.29 is 9.85 Å². The standard InChI is InChI=1S/C11H15N3O4/c1-12(2)7-3-4-9-5-6-10(13(15)16)8-11(9)14(17)18/h5-6,8H,3-4,7H2,1-2H3. The summed E-state index contributed by atoms with van der Waals surface area (Å²) in [6.07, 6.45) is 1.30. The molecule has 7 nitrogen and oxygen atoms in total. The zero-order valence-electron chi connectivity index (χ0n) is 10.3. The van der Waals surface area contributed by atoms with Crippen molar-refractivity contribution in [1.29, 1.82) is 0 Å². The van der Waals surface area contributed by atoms with Gasteiger partial charge in [-0.25, -0.2) is 0 Å². The maximum atomic E-state index is 10.9. The normalized spacial score (nSPS) is 10.6. The average Bonchev–Trinajstić information content (AvgIpc) is 2.28. The molecule has 0 heterocycles. The molecule has 0 atom stereocenters. The lowest BCUT2D eigenvalue weighted by atomic mass is 10.1. The maximum absolute atomic E-state index is 10.9. The van der Waals surface area contributed by atoms with Gasteiger partial charge >= 0.3 is 0 Å². The molecule has 0 spiro atoms. The van der Waals surface area contributed by atoms with Crippen LogP contribution >= 0.6 is 0 Å². The number of rotatable bonds is 6. The van der Waals surface area contributed by atoms with Gasteiger partial charge in [0.05, 0.1) is 15.9 Å². The van der Waals surface area contributed by atoms with Crippen LogP contribution in [0.25, 0.3) is 0 Å². The highest BCUT2D eigenvalue weighted by Crippen LogP contribution is 2.25. The van der Waals surface area contributed by atoms with Gasteiger partial charge in [0.1, 0.15) is 0 Å². The molecule has 0 unspecified atom stereocenters. The van der Waals surface area contributed by atoms with Gasteiger partial charge in [-0.05, 0) is 39.5 Å². The molecule has 0 aliphatic heterocycles. The smallest absolute Gasteiger partial charge is 0.279 e. The Morgan fingerprint density at radius 3 is 2.33 bits per heavy atom. The van der Waals surface area contributed by atoms with E-state index < -0.39 is 9.85 Å². The minimum Gasteiger partial charge on any atom is -0.309 e. The zero-order chi connectivity index (χ0) is 13.7. The maximum Gasteiger partial charge on any atom is 0.279 e. The summed E-state index contributed by atoms with van der Waals surface area (Å²) < 4.78 is 0. The third kappa shape index (κ3) is 3.77. The number of nitro benzene ring substituents is 2. The lowest BCUT2D eigenvalue weighted by Crippen LogP contribution is -2.13. The number of hydrogen-bond donors (Lipinski definition) is 0. The first kappa shape index (κ1) is 14.0. The highest BCUT2D eigenvalue weighted by molar-refractivity contribution is 5.49. The summed E-state index contributed by atoms with van der Waals surface area (Å²) >= 11 is 0. The largest absolute Gasteiger partial charge is 0.309 e. The van der Waals surface area contributed by atoms with Crippen molar-refractivity contribution in [2.45, 2.75) is 12.8 Å². The van der Waals surface area contributed by atoms with Gasteiger partial charge in [0, 0.05) is 11.6 Å². The predicted molar refractivity (Wildman–Crippen MR) is 66.6 cm³/mol. The van der Waals surface area contributed by atoms with E-state index in [1.54, 1.807) is 0 Å². The summed E-state index contributed by atoms with van der Waals surface area (Å²) in [5, 5.41) is 21.4. The van der Waals surface area contributed by atoms with Crippen molar-refractivity contribution >= 4 is 11.4 Å². The van der Waals surface area contributed by atoms with Gasteiger partial charge in [0.15, 0.2) is 0 Å². The van der Waals surface area contributed by atoms with Crippen molar-refractivity contribution in [3.8, 4) is 0 Å². The minimum atomic E-state index is -0.628. The van der Waals surface area contributed by atoms with E-state index in [4.69, 9.17) is 0 Å². The average molecular weight is 253 g/mol. The Labute approximate surface area is 104 Å². The van der Waals surface area contributed by atoms with Crippen LogP contribution in [0.1, 0.15) is 12.0 Å². The molecule has 98 valence electrons. The highest BCUT2D eigenvalue weighted by atomic mass is 16.6. The Bertz CT molecular complexity index is 460. The van der Waals surface area contributed by atoms with Crippen LogP contribution < -0.4 is 0 Å². The molecule has 0 N–H and O–H groups in total. The topological polar surface area (TPSA) is 89.5 Å². The number of nitro groups is 2. The van der Waals surface area contributed by atoms with Gasteiger partial charge in [-0.1, -0.05) is 0 Å². The van der Waals surface area contributed by atoms with E-state index in [2.05, 4.69) is 0 Å². The second-order valence-electron chi connectivity index (χ2n) is 4.23. The molecule has 0 radical (unpaired) electrons. The first-order valence-electron chi connectivity index (χ1n) is 5.48. The first-order valence-corrected chi connectivity index (χ1v) is 5.48. The van der Waals surface area contributed by atoms with E-state index >= 15 is 0 Å². The van der Waals surface area contributed by atoms with Crippen LogP contribution in [0.2, 0.25) is 0 Å². The lowest BCUT2D eigenvalue weighted by molar-refractivity contribution is -0.394. The molecule has 1 aromatic carbocycles. The van der Waals surface area contributed by atoms with E-state index in [9.17, 15) is 20.2 Å². The molecule has 0 fully saturated rings. The Balaban J connectivity index is 2.90. The van der Waals surface area contributed by atoms with Gasteiger partial charge in [0.2, 0.25) is 0 Å². The summed E-state index contributed by atoms with van der Waals surface area (Å²) in [5.41, 5.74) is 0.105. The third-order valence-electron chi connectivity index (χ3n) is 2.53. The van der Waals surface area contributed by atoms with Crippen molar-refractivity contribution in [3.05, 3.63) is 44.0 Å².